The Bertz CT molecular complexity index is 2780. The number of aromatic nitrogens is 3. The molecule has 9 aromatic rings. The van der Waals surface area contributed by atoms with Gasteiger partial charge in [0.15, 0.2) is 5.82 Å². The van der Waals surface area contributed by atoms with Crippen LogP contribution in [0.2, 0.25) is 13.1 Å². The third-order valence-corrected chi connectivity index (χ3v) is 14.3. The van der Waals surface area contributed by atoms with Gasteiger partial charge in [0.2, 0.25) is 0 Å². The van der Waals surface area contributed by atoms with E-state index in [1.54, 1.807) is 0 Å². The van der Waals surface area contributed by atoms with Crippen LogP contribution in [0, 0.1) is 0 Å². The lowest BCUT2D eigenvalue weighted by Gasteiger charge is -2.22. The van der Waals surface area contributed by atoms with Gasteiger partial charge < -0.3 is 4.57 Å². The van der Waals surface area contributed by atoms with Crippen LogP contribution >= 0.6 is 0 Å². The van der Waals surface area contributed by atoms with Gasteiger partial charge in [0, 0.05) is 27.6 Å². The van der Waals surface area contributed by atoms with Gasteiger partial charge in [-0.05, 0) is 74.6 Å². The first kappa shape index (κ1) is 30.5. The maximum atomic E-state index is 5.48. The molecule has 1 aliphatic rings. The van der Waals surface area contributed by atoms with Gasteiger partial charge in [-0.1, -0.05) is 153 Å². The highest BCUT2D eigenvalue weighted by molar-refractivity contribution is 7.04. The van der Waals surface area contributed by atoms with Crippen molar-refractivity contribution in [3.8, 4) is 61.8 Å². The number of rotatable bonds is 5. The second-order valence-electron chi connectivity index (χ2n) is 14.2. The summed E-state index contributed by atoms with van der Waals surface area (Å²) in [6.45, 7) is 4.88. The lowest BCUT2D eigenvalue weighted by atomic mass is 10.00. The Morgan fingerprint density at radius 3 is 1.69 bits per heavy atom. The van der Waals surface area contributed by atoms with E-state index in [4.69, 9.17) is 9.97 Å². The van der Waals surface area contributed by atoms with E-state index >= 15 is 0 Å². The first-order chi connectivity index (χ1) is 25.5. The van der Waals surface area contributed by atoms with Crippen LogP contribution < -0.4 is 10.4 Å². The van der Waals surface area contributed by atoms with Crippen molar-refractivity contribution >= 4 is 40.3 Å². The van der Waals surface area contributed by atoms with E-state index in [1.165, 1.54) is 48.9 Å². The quantitative estimate of drug-likeness (QED) is 0.169. The number of nitrogens with zero attached hydrogens (tertiary/aromatic N) is 3. The van der Waals surface area contributed by atoms with Crippen LogP contribution in [0.15, 0.2) is 176 Å². The van der Waals surface area contributed by atoms with Crippen LogP contribution in [0.25, 0.3) is 83.6 Å². The molecular formula is C48H35N3Si. The number of hydrogen-bond donors (Lipinski definition) is 0. The molecule has 0 N–H and O–H groups in total. The summed E-state index contributed by atoms with van der Waals surface area (Å²) in [6, 6.07) is 63.2. The van der Waals surface area contributed by atoms with Crippen LogP contribution in [-0.4, -0.2) is 22.6 Å². The second-order valence-corrected chi connectivity index (χ2v) is 18.5. The topological polar surface area (TPSA) is 30.7 Å². The van der Waals surface area contributed by atoms with Gasteiger partial charge in [-0.15, -0.1) is 0 Å². The predicted octanol–water partition coefficient (Wildman–Crippen LogP) is 11.0. The van der Waals surface area contributed by atoms with Crippen LogP contribution in [-0.2, 0) is 0 Å². The smallest absolute Gasteiger partial charge is 0.160 e. The van der Waals surface area contributed by atoms with Crippen molar-refractivity contribution in [2.24, 2.45) is 0 Å². The molecule has 0 saturated heterocycles. The fourth-order valence-corrected chi connectivity index (χ4v) is 11.5. The minimum atomic E-state index is -2.09. The van der Waals surface area contributed by atoms with E-state index < -0.39 is 8.07 Å². The van der Waals surface area contributed by atoms with Crippen molar-refractivity contribution in [1.82, 2.24) is 14.5 Å². The molecule has 0 fully saturated rings. The number of para-hydroxylation sites is 2. The van der Waals surface area contributed by atoms with E-state index in [2.05, 4.69) is 194 Å². The number of hydrogen-bond acceptors (Lipinski definition) is 2. The SMILES string of the molecule is C[Si]1(C)c2ccccc2-c2nc(-c3cccc(-c4cccc(-n5c6ccccc6c6ccccc65)c4)c3)nc(-c3cccc(-c4ccccc4)c3)c21. The van der Waals surface area contributed by atoms with Crippen molar-refractivity contribution in [3.05, 3.63) is 176 Å². The summed E-state index contributed by atoms with van der Waals surface area (Å²) in [4.78, 5) is 10.9. The van der Waals surface area contributed by atoms with Crippen LogP contribution in [0.4, 0.5) is 0 Å². The normalized spacial score (nSPS) is 13.0. The highest BCUT2D eigenvalue weighted by Gasteiger charge is 2.41. The van der Waals surface area contributed by atoms with E-state index in [0.29, 0.717) is 0 Å². The molecule has 7 aromatic carbocycles. The average Bonchev–Trinajstić information content (AvgIpc) is 3.67. The standard InChI is InChI=1S/C48H35N3Si/c1-52(2)44-28-11-8-25-41(44)46-47(52)45(36-20-12-17-33(29-36)32-15-4-3-5-16-32)49-48(50-46)37-21-13-18-34(30-37)35-19-14-22-38(31-35)51-42-26-9-6-23-39(42)40-24-7-10-27-43(40)51/h3-31H,1-2H3. The van der Waals surface area contributed by atoms with Crippen molar-refractivity contribution in [2.45, 2.75) is 13.1 Å². The van der Waals surface area contributed by atoms with E-state index in [9.17, 15) is 0 Å². The van der Waals surface area contributed by atoms with Gasteiger partial charge in [0.05, 0.1) is 22.4 Å². The maximum Gasteiger partial charge on any atom is 0.160 e. The van der Waals surface area contributed by atoms with Crippen LogP contribution in [0.5, 0.6) is 0 Å². The van der Waals surface area contributed by atoms with Gasteiger partial charge in [-0.2, -0.15) is 0 Å². The Morgan fingerprint density at radius 2 is 0.942 bits per heavy atom. The Hall–Kier alpha value is -6.36. The molecular weight excluding hydrogens is 647 g/mol. The number of benzene rings is 7. The summed E-state index contributed by atoms with van der Waals surface area (Å²) >= 11 is 0. The Kier molecular flexibility index (Phi) is 6.95. The van der Waals surface area contributed by atoms with Crippen molar-refractivity contribution < 1.29 is 0 Å². The zero-order valence-corrected chi connectivity index (χ0v) is 30.1. The van der Waals surface area contributed by atoms with Gasteiger partial charge in [-0.3, -0.25) is 0 Å². The average molecular weight is 682 g/mol. The molecule has 0 bridgehead atoms. The minimum Gasteiger partial charge on any atom is -0.309 e. The second kappa shape index (κ2) is 11.9. The largest absolute Gasteiger partial charge is 0.309 e. The van der Waals surface area contributed by atoms with Crippen molar-refractivity contribution in [3.63, 3.8) is 0 Å². The fourth-order valence-electron chi connectivity index (χ4n) is 8.29. The Morgan fingerprint density at radius 1 is 0.423 bits per heavy atom. The molecule has 2 aromatic heterocycles. The monoisotopic (exact) mass is 681 g/mol. The molecule has 52 heavy (non-hydrogen) atoms. The number of fused-ring (bicyclic) bond motifs is 6. The third-order valence-electron chi connectivity index (χ3n) is 10.8. The van der Waals surface area contributed by atoms with E-state index in [-0.39, 0.29) is 0 Å². The van der Waals surface area contributed by atoms with Crippen LogP contribution in [0.3, 0.4) is 0 Å². The summed E-state index contributed by atoms with van der Waals surface area (Å²) < 4.78 is 2.38. The van der Waals surface area contributed by atoms with Gasteiger partial charge >= 0.3 is 0 Å². The Balaban J connectivity index is 1.13. The summed E-state index contributed by atoms with van der Waals surface area (Å²) in [5.41, 5.74) is 13.7. The van der Waals surface area contributed by atoms with Gasteiger partial charge in [0.25, 0.3) is 0 Å². The molecule has 0 atom stereocenters. The molecule has 0 spiro atoms. The third kappa shape index (κ3) is 4.79. The van der Waals surface area contributed by atoms with E-state index in [0.717, 1.165) is 45.2 Å². The molecule has 0 unspecified atom stereocenters. The minimum absolute atomic E-state index is 0.751. The summed E-state index contributed by atoms with van der Waals surface area (Å²) in [5, 5.41) is 5.26. The van der Waals surface area contributed by atoms with Crippen LogP contribution in [0.1, 0.15) is 0 Å². The predicted molar refractivity (Wildman–Crippen MR) is 220 cm³/mol. The zero-order chi connectivity index (χ0) is 34.8. The highest BCUT2D eigenvalue weighted by atomic mass is 28.3. The maximum absolute atomic E-state index is 5.48. The molecule has 246 valence electrons. The molecule has 3 heterocycles. The van der Waals surface area contributed by atoms with Gasteiger partial charge in [0.1, 0.15) is 8.07 Å². The van der Waals surface area contributed by atoms with Crippen molar-refractivity contribution in [2.75, 3.05) is 0 Å². The molecule has 10 rings (SSSR count). The molecule has 3 nitrogen and oxygen atoms in total. The van der Waals surface area contributed by atoms with Gasteiger partial charge in [-0.25, -0.2) is 9.97 Å². The lowest BCUT2D eigenvalue weighted by molar-refractivity contribution is 1.18. The molecule has 4 heteroatoms. The molecule has 0 saturated carbocycles. The lowest BCUT2D eigenvalue weighted by Crippen LogP contribution is -2.50. The fraction of sp³-hybridized carbons (Fsp3) is 0.0417. The molecule has 1 aliphatic heterocycles. The van der Waals surface area contributed by atoms with Crippen molar-refractivity contribution in [1.29, 1.82) is 0 Å². The zero-order valence-electron chi connectivity index (χ0n) is 29.1. The summed E-state index contributed by atoms with van der Waals surface area (Å²) in [6.07, 6.45) is 0. The first-order valence-electron chi connectivity index (χ1n) is 17.9. The summed E-state index contributed by atoms with van der Waals surface area (Å²) in [7, 11) is -2.09. The highest BCUT2D eigenvalue weighted by Crippen LogP contribution is 2.37. The first-order valence-corrected chi connectivity index (χ1v) is 20.9. The molecule has 0 amide bonds. The molecule has 0 radical (unpaired) electrons. The van der Waals surface area contributed by atoms with E-state index in [1.807, 2.05) is 0 Å². The molecule has 0 aliphatic carbocycles. The Labute approximate surface area is 304 Å². The summed E-state index contributed by atoms with van der Waals surface area (Å²) in [5.74, 6) is 0.751.